The summed E-state index contributed by atoms with van der Waals surface area (Å²) in [6, 6.07) is 8.10. The van der Waals surface area contributed by atoms with Gasteiger partial charge in [-0.3, -0.25) is 9.78 Å². The van der Waals surface area contributed by atoms with Gasteiger partial charge in [0.1, 0.15) is 11.6 Å². The topological polar surface area (TPSA) is 116 Å². The van der Waals surface area contributed by atoms with Crippen molar-refractivity contribution in [3.8, 4) is 11.3 Å². The van der Waals surface area contributed by atoms with E-state index in [0.29, 0.717) is 18.0 Å². The normalized spacial score (nSPS) is 24.0. The second-order valence-electron chi connectivity index (χ2n) is 8.81. The van der Waals surface area contributed by atoms with Crippen molar-refractivity contribution in [2.45, 2.75) is 43.9 Å². The minimum absolute atomic E-state index is 0.0209. The van der Waals surface area contributed by atoms with E-state index in [4.69, 9.17) is 16.2 Å². The van der Waals surface area contributed by atoms with Gasteiger partial charge in [0.25, 0.3) is 5.91 Å². The van der Waals surface area contributed by atoms with Crippen LogP contribution in [0.1, 0.15) is 47.8 Å². The average molecular weight is 466 g/mol. The van der Waals surface area contributed by atoms with Gasteiger partial charge in [0, 0.05) is 23.7 Å². The van der Waals surface area contributed by atoms with E-state index in [1.54, 1.807) is 12.3 Å². The molecule has 1 amide bonds. The lowest BCUT2D eigenvalue weighted by atomic mass is 9.87. The third kappa shape index (κ3) is 4.12. The summed E-state index contributed by atoms with van der Waals surface area (Å²) in [6.45, 7) is 0. The Morgan fingerprint density at radius 1 is 1.12 bits per heavy atom. The van der Waals surface area contributed by atoms with Crippen LogP contribution < -0.4 is 16.8 Å². The minimum Gasteiger partial charge on any atom is -0.397 e. The highest BCUT2D eigenvalue weighted by atomic mass is 19.1. The van der Waals surface area contributed by atoms with Crippen LogP contribution in [0, 0.1) is 17.6 Å². The molecule has 0 spiro atoms. The molecule has 7 nitrogen and oxygen atoms in total. The van der Waals surface area contributed by atoms with E-state index in [-0.39, 0.29) is 40.9 Å². The fourth-order valence-corrected chi connectivity index (χ4v) is 5.01. The van der Waals surface area contributed by atoms with E-state index in [1.807, 2.05) is 0 Å². The van der Waals surface area contributed by atoms with E-state index in [1.165, 1.54) is 24.4 Å². The molecule has 0 radical (unpaired) electrons. The molecule has 9 heteroatoms. The van der Waals surface area contributed by atoms with Gasteiger partial charge in [-0.25, -0.2) is 13.8 Å². The first kappa shape index (κ1) is 22.4. The third-order valence-corrected chi connectivity index (χ3v) is 6.69. The fourth-order valence-electron chi connectivity index (χ4n) is 5.01. The van der Waals surface area contributed by atoms with Crippen molar-refractivity contribution >= 4 is 17.3 Å². The summed E-state index contributed by atoms with van der Waals surface area (Å²) < 4.78 is 34.8. The van der Waals surface area contributed by atoms with Gasteiger partial charge < -0.3 is 21.5 Å². The number of hydrogen-bond acceptors (Lipinski definition) is 6. The Bertz CT molecular complexity index is 1220. The molecule has 1 aliphatic heterocycles. The van der Waals surface area contributed by atoms with Crippen LogP contribution >= 0.6 is 0 Å². The monoisotopic (exact) mass is 465 g/mol. The van der Waals surface area contributed by atoms with Crippen LogP contribution in [0.2, 0.25) is 0 Å². The highest BCUT2D eigenvalue weighted by Crippen LogP contribution is 2.43. The minimum atomic E-state index is -0.783. The fraction of sp³-hybridized carbons (Fsp3) is 0.320. The SMILES string of the molecule is Nc1ccc(-c2c(F)cccc2F)nc1C(=O)Nc1cnccc1[C@H]1C[C@@H](N)[C@H]2CCC[C@H]2O1. The van der Waals surface area contributed by atoms with Gasteiger partial charge in [0.2, 0.25) is 0 Å². The number of aromatic nitrogens is 2. The molecule has 3 aromatic rings. The lowest BCUT2D eigenvalue weighted by Crippen LogP contribution is -2.43. The molecule has 1 aliphatic carbocycles. The van der Waals surface area contributed by atoms with Gasteiger partial charge in [-0.05, 0) is 49.6 Å². The molecule has 3 heterocycles. The number of nitrogen functional groups attached to an aromatic ring is 1. The maximum absolute atomic E-state index is 14.3. The summed E-state index contributed by atoms with van der Waals surface area (Å²) in [6.07, 6.45) is 6.76. The molecule has 2 aliphatic rings. The summed E-state index contributed by atoms with van der Waals surface area (Å²) in [4.78, 5) is 21.4. The number of hydrogen-bond donors (Lipinski definition) is 3. The maximum atomic E-state index is 14.3. The Kier molecular flexibility index (Phi) is 5.97. The molecule has 1 aromatic carbocycles. The van der Waals surface area contributed by atoms with E-state index >= 15 is 0 Å². The number of fused-ring (bicyclic) bond motifs is 1. The maximum Gasteiger partial charge on any atom is 0.276 e. The van der Waals surface area contributed by atoms with Gasteiger partial charge in [0.15, 0.2) is 5.69 Å². The number of benzene rings is 1. The molecule has 2 fully saturated rings. The molecule has 5 N–H and O–H groups in total. The van der Waals surface area contributed by atoms with Crippen LogP contribution in [0.25, 0.3) is 11.3 Å². The Hall–Kier alpha value is -3.43. The van der Waals surface area contributed by atoms with Crippen LogP contribution in [0.15, 0.2) is 48.8 Å². The largest absolute Gasteiger partial charge is 0.397 e. The summed E-state index contributed by atoms with van der Waals surface area (Å²) in [7, 11) is 0. The van der Waals surface area contributed by atoms with Gasteiger partial charge >= 0.3 is 0 Å². The number of carbonyl (C=O) groups is 1. The number of amides is 1. The molecule has 0 bridgehead atoms. The zero-order chi connectivity index (χ0) is 23.8. The molecule has 2 aromatic heterocycles. The predicted octanol–water partition coefficient (Wildman–Crippen LogP) is 4.21. The van der Waals surface area contributed by atoms with Crippen LogP contribution in [-0.2, 0) is 4.74 Å². The first-order valence-electron chi connectivity index (χ1n) is 11.3. The first-order valence-corrected chi connectivity index (χ1v) is 11.3. The number of ether oxygens (including phenoxy) is 1. The highest BCUT2D eigenvalue weighted by Gasteiger charge is 2.40. The second-order valence-corrected chi connectivity index (χ2v) is 8.81. The number of nitrogens with zero attached hydrogens (tertiary/aromatic N) is 2. The van der Waals surface area contributed by atoms with Gasteiger partial charge in [0.05, 0.1) is 41.0 Å². The molecule has 1 saturated heterocycles. The molecule has 176 valence electrons. The van der Waals surface area contributed by atoms with Gasteiger partial charge in [-0.2, -0.15) is 0 Å². The molecule has 4 atom stereocenters. The van der Waals surface area contributed by atoms with Crippen molar-refractivity contribution in [3.63, 3.8) is 0 Å². The average Bonchev–Trinajstić information content (AvgIpc) is 3.30. The lowest BCUT2D eigenvalue weighted by molar-refractivity contribution is -0.0800. The van der Waals surface area contributed by atoms with Crippen LogP contribution in [0.5, 0.6) is 0 Å². The Labute approximate surface area is 195 Å². The molecule has 34 heavy (non-hydrogen) atoms. The number of pyridine rings is 2. The van der Waals surface area contributed by atoms with E-state index in [0.717, 1.165) is 37.0 Å². The Morgan fingerprint density at radius 2 is 1.91 bits per heavy atom. The molecule has 0 unspecified atom stereocenters. The Morgan fingerprint density at radius 3 is 2.71 bits per heavy atom. The smallest absolute Gasteiger partial charge is 0.276 e. The first-order chi connectivity index (χ1) is 16.4. The highest BCUT2D eigenvalue weighted by molar-refractivity contribution is 6.06. The standard InChI is InChI=1S/C25H25F2N5O2/c26-15-4-2-5-16(27)23(15)19-8-7-17(28)24(31-19)25(33)32-20-12-30-10-9-14(20)22-11-18(29)13-3-1-6-21(13)34-22/h2,4-5,7-10,12-13,18,21-22H,1,3,6,11,28-29H2,(H,32,33)/t13-,18-,21-,22-/m1/s1. The van der Waals surface area contributed by atoms with E-state index in [2.05, 4.69) is 15.3 Å². The second kappa shape index (κ2) is 9.08. The van der Waals surface area contributed by atoms with Crippen molar-refractivity contribution in [3.05, 3.63) is 71.7 Å². The summed E-state index contributed by atoms with van der Waals surface area (Å²) >= 11 is 0. The van der Waals surface area contributed by atoms with Crippen LogP contribution in [0.3, 0.4) is 0 Å². The quantitative estimate of drug-likeness (QED) is 0.531. The summed E-state index contributed by atoms with van der Waals surface area (Å²) in [5.41, 5.74) is 13.2. The molecule has 1 saturated carbocycles. The zero-order valence-electron chi connectivity index (χ0n) is 18.4. The van der Waals surface area contributed by atoms with Gasteiger partial charge in [-0.15, -0.1) is 0 Å². The lowest BCUT2D eigenvalue weighted by Gasteiger charge is -2.37. The van der Waals surface area contributed by atoms with Crippen LogP contribution in [-0.4, -0.2) is 28.0 Å². The van der Waals surface area contributed by atoms with Crippen molar-refractivity contribution < 1.29 is 18.3 Å². The Balaban J connectivity index is 1.43. The van der Waals surface area contributed by atoms with E-state index in [9.17, 15) is 13.6 Å². The third-order valence-electron chi connectivity index (χ3n) is 6.69. The molecule has 5 rings (SSSR count). The van der Waals surface area contributed by atoms with Crippen molar-refractivity contribution in [1.29, 1.82) is 0 Å². The number of carbonyl (C=O) groups excluding carboxylic acids is 1. The van der Waals surface area contributed by atoms with E-state index < -0.39 is 17.5 Å². The molecular formula is C25H25F2N5O2. The van der Waals surface area contributed by atoms with Crippen molar-refractivity contribution in [2.75, 3.05) is 11.1 Å². The number of nitrogens with two attached hydrogens (primary N) is 2. The van der Waals surface area contributed by atoms with Crippen molar-refractivity contribution in [1.82, 2.24) is 9.97 Å². The van der Waals surface area contributed by atoms with Gasteiger partial charge in [-0.1, -0.05) is 12.5 Å². The number of halogens is 2. The number of rotatable bonds is 4. The number of anilines is 2. The number of nitrogens with one attached hydrogen (secondary N) is 1. The zero-order valence-corrected chi connectivity index (χ0v) is 18.4. The summed E-state index contributed by atoms with van der Waals surface area (Å²) in [5.74, 6) is -1.82. The van der Waals surface area contributed by atoms with Crippen LogP contribution in [0.4, 0.5) is 20.2 Å². The molecular weight excluding hydrogens is 440 g/mol. The predicted molar refractivity (Wildman–Crippen MR) is 124 cm³/mol. The summed E-state index contributed by atoms with van der Waals surface area (Å²) in [5, 5.41) is 2.80. The van der Waals surface area contributed by atoms with Crippen molar-refractivity contribution in [2.24, 2.45) is 11.7 Å².